The summed E-state index contributed by atoms with van der Waals surface area (Å²) in [7, 11) is 4.01. The van der Waals surface area contributed by atoms with Crippen LogP contribution in [0.4, 0.5) is 0 Å². The van der Waals surface area contributed by atoms with Crippen LogP contribution < -0.4 is 0 Å². The van der Waals surface area contributed by atoms with Crippen LogP contribution in [0.25, 0.3) is 0 Å². The van der Waals surface area contributed by atoms with Gasteiger partial charge in [-0.2, -0.15) is 0 Å². The third kappa shape index (κ3) is 4.10. The summed E-state index contributed by atoms with van der Waals surface area (Å²) in [4.78, 5) is 15.9. The summed E-state index contributed by atoms with van der Waals surface area (Å²) in [5, 5.41) is 8.65. The lowest BCUT2D eigenvalue weighted by Crippen LogP contribution is -2.39. The van der Waals surface area contributed by atoms with E-state index < -0.39 is 0 Å². The number of nitrogens with zero attached hydrogens (tertiary/aromatic N) is 2. The minimum atomic E-state index is 0.183. The Balaban J connectivity index is 2.22. The third-order valence-electron chi connectivity index (χ3n) is 3.38. The first kappa shape index (κ1) is 13.5. The summed E-state index contributed by atoms with van der Waals surface area (Å²) in [5.74, 6) is 0.203. The van der Waals surface area contributed by atoms with Crippen molar-refractivity contribution in [2.45, 2.75) is 38.1 Å². The lowest BCUT2D eigenvalue weighted by molar-refractivity contribution is -0.130. The van der Waals surface area contributed by atoms with Gasteiger partial charge in [0, 0.05) is 32.7 Å². The van der Waals surface area contributed by atoms with Gasteiger partial charge in [0.1, 0.15) is 0 Å². The molecule has 0 aromatic heterocycles. The van der Waals surface area contributed by atoms with Crippen molar-refractivity contribution >= 4 is 5.91 Å². The fraction of sp³-hybridized carbons (Fsp3) is 0.917. The van der Waals surface area contributed by atoms with Crippen molar-refractivity contribution in [2.24, 2.45) is 0 Å². The van der Waals surface area contributed by atoms with Crippen molar-refractivity contribution in [1.82, 2.24) is 9.80 Å². The topological polar surface area (TPSA) is 43.8 Å². The maximum atomic E-state index is 11.7. The molecule has 0 saturated carbocycles. The number of hydrogen-bond donors (Lipinski definition) is 1. The van der Waals surface area contributed by atoms with Crippen LogP contribution in [0, 0.1) is 0 Å². The lowest BCUT2D eigenvalue weighted by atomic mass is 10.2. The van der Waals surface area contributed by atoms with E-state index in [0.717, 1.165) is 25.9 Å². The molecule has 0 aromatic carbocycles. The van der Waals surface area contributed by atoms with Gasteiger partial charge >= 0.3 is 0 Å². The standard InChI is InChI=1S/C12H24N2O2/c1-13-8-5-6-11(13)10-14(2)12(16)7-3-4-9-15/h11,15H,3-10H2,1-2H3. The Morgan fingerprint density at radius 2 is 2.25 bits per heavy atom. The molecule has 4 heteroatoms. The molecule has 0 radical (unpaired) electrons. The summed E-state index contributed by atoms with van der Waals surface area (Å²) < 4.78 is 0. The average Bonchev–Trinajstić information content (AvgIpc) is 2.64. The Morgan fingerprint density at radius 1 is 1.50 bits per heavy atom. The van der Waals surface area contributed by atoms with E-state index in [1.807, 2.05) is 11.9 Å². The highest BCUT2D eigenvalue weighted by Gasteiger charge is 2.23. The van der Waals surface area contributed by atoms with Crippen LogP contribution in [0.2, 0.25) is 0 Å². The van der Waals surface area contributed by atoms with Gasteiger partial charge in [-0.15, -0.1) is 0 Å². The minimum Gasteiger partial charge on any atom is -0.396 e. The first-order chi connectivity index (χ1) is 7.65. The zero-order chi connectivity index (χ0) is 12.0. The number of hydrogen-bond acceptors (Lipinski definition) is 3. The molecule has 94 valence electrons. The maximum absolute atomic E-state index is 11.7. The van der Waals surface area contributed by atoms with Crippen LogP contribution in [-0.4, -0.2) is 60.6 Å². The zero-order valence-corrected chi connectivity index (χ0v) is 10.5. The van der Waals surface area contributed by atoms with Crippen molar-refractivity contribution in [2.75, 3.05) is 33.8 Å². The largest absolute Gasteiger partial charge is 0.396 e. The number of aliphatic hydroxyl groups is 1. The Hall–Kier alpha value is -0.610. The van der Waals surface area contributed by atoms with Gasteiger partial charge in [0.05, 0.1) is 0 Å². The molecule has 1 unspecified atom stereocenters. The van der Waals surface area contributed by atoms with E-state index in [2.05, 4.69) is 11.9 Å². The van der Waals surface area contributed by atoms with Crippen molar-refractivity contribution in [3.63, 3.8) is 0 Å². The van der Waals surface area contributed by atoms with Crippen molar-refractivity contribution in [3.8, 4) is 0 Å². The molecule has 1 fully saturated rings. The fourth-order valence-corrected chi connectivity index (χ4v) is 2.21. The molecule has 1 aliphatic rings. The average molecular weight is 228 g/mol. The highest BCUT2D eigenvalue weighted by Crippen LogP contribution is 2.15. The number of likely N-dealkylation sites (tertiary alicyclic amines) is 1. The number of carbonyl (C=O) groups excluding carboxylic acids is 1. The molecule has 0 bridgehead atoms. The second-order valence-electron chi connectivity index (χ2n) is 4.73. The molecule has 0 spiro atoms. The zero-order valence-electron chi connectivity index (χ0n) is 10.5. The molecule has 1 aliphatic heterocycles. The van der Waals surface area contributed by atoms with Gasteiger partial charge in [0.25, 0.3) is 0 Å². The van der Waals surface area contributed by atoms with Crippen LogP contribution in [0.5, 0.6) is 0 Å². The van der Waals surface area contributed by atoms with Gasteiger partial charge in [-0.25, -0.2) is 0 Å². The number of likely N-dealkylation sites (N-methyl/N-ethyl adjacent to an activating group) is 2. The van der Waals surface area contributed by atoms with E-state index in [9.17, 15) is 4.79 Å². The predicted octanol–water partition coefficient (Wildman–Crippen LogP) is 0.702. The molecule has 1 heterocycles. The molecule has 1 amide bonds. The Kier molecular flexibility index (Phi) is 5.77. The van der Waals surface area contributed by atoms with Gasteiger partial charge < -0.3 is 14.9 Å². The van der Waals surface area contributed by atoms with Crippen molar-refractivity contribution in [1.29, 1.82) is 0 Å². The van der Waals surface area contributed by atoms with Crippen molar-refractivity contribution in [3.05, 3.63) is 0 Å². The lowest BCUT2D eigenvalue weighted by Gasteiger charge is -2.25. The quantitative estimate of drug-likeness (QED) is 0.681. The molecule has 4 nitrogen and oxygen atoms in total. The molecule has 0 aliphatic carbocycles. The molecular formula is C12H24N2O2. The van der Waals surface area contributed by atoms with E-state index in [0.29, 0.717) is 12.5 Å². The first-order valence-corrected chi connectivity index (χ1v) is 6.20. The molecule has 1 rings (SSSR count). The summed E-state index contributed by atoms with van der Waals surface area (Å²) in [5.41, 5.74) is 0. The molecular weight excluding hydrogens is 204 g/mol. The molecule has 1 saturated heterocycles. The van der Waals surface area contributed by atoms with E-state index in [-0.39, 0.29) is 12.5 Å². The minimum absolute atomic E-state index is 0.183. The molecule has 1 atom stereocenters. The third-order valence-corrected chi connectivity index (χ3v) is 3.38. The number of carbonyl (C=O) groups is 1. The Morgan fingerprint density at radius 3 is 2.81 bits per heavy atom. The molecule has 16 heavy (non-hydrogen) atoms. The first-order valence-electron chi connectivity index (χ1n) is 6.20. The normalized spacial score (nSPS) is 21.3. The van der Waals surface area contributed by atoms with Crippen LogP contribution in [-0.2, 0) is 4.79 Å². The summed E-state index contributed by atoms with van der Waals surface area (Å²) in [6, 6.07) is 0.534. The van der Waals surface area contributed by atoms with E-state index >= 15 is 0 Å². The fourth-order valence-electron chi connectivity index (χ4n) is 2.21. The summed E-state index contributed by atoms with van der Waals surface area (Å²) in [6.45, 7) is 2.17. The predicted molar refractivity (Wildman–Crippen MR) is 64.2 cm³/mol. The van der Waals surface area contributed by atoms with Crippen LogP contribution in [0.1, 0.15) is 32.1 Å². The number of amides is 1. The number of unbranched alkanes of at least 4 members (excludes halogenated alkanes) is 1. The van der Waals surface area contributed by atoms with E-state index in [4.69, 9.17) is 5.11 Å². The smallest absolute Gasteiger partial charge is 0.222 e. The summed E-state index contributed by atoms with van der Waals surface area (Å²) >= 11 is 0. The molecule has 1 N–H and O–H groups in total. The highest BCUT2D eigenvalue weighted by atomic mass is 16.3. The van der Waals surface area contributed by atoms with Gasteiger partial charge in [0.2, 0.25) is 5.91 Å². The van der Waals surface area contributed by atoms with Gasteiger partial charge in [0.15, 0.2) is 0 Å². The van der Waals surface area contributed by atoms with Gasteiger partial charge in [-0.05, 0) is 39.3 Å². The second kappa shape index (κ2) is 6.86. The number of rotatable bonds is 6. The SMILES string of the molecule is CN(CC1CCCN1C)C(=O)CCCCO. The summed E-state index contributed by atoms with van der Waals surface area (Å²) in [6.07, 6.45) is 4.52. The van der Waals surface area contributed by atoms with E-state index in [1.165, 1.54) is 12.8 Å². The monoisotopic (exact) mass is 228 g/mol. The molecule has 0 aromatic rings. The second-order valence-corrected chi connectivity index (χ2v) is 4.73. The van der Waals surface area contributed by atoms with E-state index in [1.54, 1.807) is 0 Å². The van der Waals surface area contributed by atoms with Crippen LogP contribution in [0.15, 0.2) is 0 Å². The maximum Gasteiger partial charge on any atom is 0.222 e. The number of aliphatic hydroxyl groups excluding tert-OH is 1. The highest BCUT2D eigenvalue weighted by molar-refractivity contribution is 5.75. The van der Waals surface area contributed by atoms with Crippen molar-refractivity contribution < 1.29 is 9.90 Å². The van der Waals surface area contributed by atoms with Gasteiger partial charge in [-0.3, -0.25) is 4.79 Å². The Bertz CT molecular complexity index is 221. The van der Waals surface area contributed by atoms with Crippen LogP contribution >= 0.6 is 0 Å². The van der Waals surface area contributed by atoms with Gasteiger partial charge in [-0.1, -0.05) is 0 Å². The van der Waals surface area contributed by atoms with Crippen LogP contribution in [0.3, 0.4) is 0 Å². The Labute approximate surface area is 98.2 Å².